The molecule has 3 heterocycles. The highest BCUT2D eigenvalue weighted by atomic mass is 16.6. The maximum Gasteiger partial charge on any atom is 0.257 e. The largest absolute Gasteiger partial charge is 0.306 e. The van der Waals surface area contributed by atoms with Crippen molar-refractivity contribution in [3.8, 4) is 11.3 Å². The van der Waals surface area contributed by atoms with E-state index in [1.54, 1.807) is 36.2 Å². The van der Waals surface area contributed by atoms with Crippen molar-refractivity contribution in [2.45, 2.75) is 18.8 Å². The first-order chi connectivity index (χ1) is 14.2. The molecule has 3 aromatic heterocycles. The lowest BCUT2D eigenvalue weighted by Crippen LogP contribution is -2.39. The Kier molecular flexibility index (Phi) is 4.20. The minimum absolute atomic E-state index is 0.219. The number of carbonyl (C=O) groups is 1. The fraction of sp³-hybridized carbons (Fsp3) is 0.182. The normalized spacial score (nSPS) is 13.4. The number of fused-ring (bicyclic) bond motifs is 1. The van der Waals surface area contributed by atoms with Crippen LogP contribution in [-0.2, 0) is 0 Å². The van der Waals surface area contributed by atoms with Gasteiger partial charge < -0.3 is 5.32 Å². The summed E-state index contributed by atoms with van der Waals surface area (Å²) in [7, 11) is 1.56. The second-order valence-corrected chi connectivity index (χ2v) is 7.09. The van der Waals surface area contributed by atoms with E-state index in [2.05, 4.69) is 10.4 Å². The first kappa shape index (κ1) is 17.4. The lowest BCUT2D eigenvalue weighted by atomic mass is 10.1. The third-order valence-corrected chi connectivity index (χ3v) is 5.10. The fourth-order valence-electron chi connectivity index (χ4n) is 3.38. The van der Waals surface area contributed by atoms with Gasteiger partial charge in [-0.25, -0.2) is 4.98 Å². The fourth-order valence-corrected chi connectivity index (χ4v) is 3.38. The van der Waals surface area contributed by atoms with E-state index in [9.17, 15) is 4.79 Å². The monoisotopic (exact) mass is 386 g/mol. The standard InChI is InChI=1S/C22H19N5O2/c1-29-26-11-9-17(10-12-26)22(28)25-20-13-19(16-5-3-2-4-6-16)24-21-18(15-7-8-15)14-23-27(20)21/h2-6,9-15H,7-8H2,1H3/p+1. The molecule has 0 radical (unpaired) electrons. The van der Waals surface area contributed by atoms with E-state index < -0.39 is 0 Å². The van der Waals surface area contributed by atoms with Crippen LogP contribution >= 0.6 is 0 Å². The van der Waals surface area contributed by atoms with Crippen LogP contribution in [0.25, 0.3) is 16.9 Å². The smallest absolute Gasteiger partial charge is 0.257 e. The highest BCUT2D eigenvalue weighted by molar-refractivity contribution is 6.04. The Morgan fingerprint density at radius 3 is 2.62 bits per heavy atom. The van der Waals surface area contributed by atoms with Crippen LogP contribution in [-0.4, -0.2) is 27.6 Å². The van der Waals surface area contributed by atoms with Gasteiger partial charge >= 0.3 is 0 Å². The van der Waals surface area contributed by atoms with E-state index in [1.165, 1.54) is 4.73 Å². The molecule has 1 fully saturated rings. The number of hydrogen-bond donors (Lipinski definition) is 1. The van der Waals surface area contributed by atoms with E-state index in [0.29, 0.717) is 17.3 Å². The van der Waals surface area contributed by atoms with E-state index in [-0.39, 0.29) is 5.91 Å². The Morgan fingerprint density at radius 2 is 1.93 bits per heavy atom. The van der Waals surface area contributed by atoms with Crippen LogP contribution in [0.4, 0.5) is 5.82 Å². The lowest BCUT2D eigenvalue weighted by molar-refractivity contribution is -0.885. The number of hydrogen-bond acceptors (Lipinski definition) is 4. The molecule has 1 saturated carbocycles. The number of rotatable bonds is 5. The van der Waals surface area contributed by atoms with Crippen molar-refractivity contribution in [3.63, 3.8) is 0 Å². The van der Waals surface area contributed by atoms with Crippen molar-refractivity contribution in [1.82, 2.24) is 14.6 Å². The molecule has 0 spiro atoms. The van der Waals surface area contributed by atoms with Gasteiger partial charge in [0.2, 0.25) is 12.4 Å². The minimum Gasteiger partial charge on any atom is -0.306 e. The Balaban J connectivity index is 1.57. The molecule has 0 atom stereocenters. The molecule has 0 unspecified atom stereocenters. The summed E-state index contributed by atoms with van der Waals surface area (Å²) >= 11 is 0. The molecule has 144 valence electrons. The number of benzene rings is 1. The Bertz CT molecular complexity index is 1180. The summed E-state index contributed by atoms with van der Waals surface area (Å²) in [5, 5.41) is 7.50. The lowest BCUT2D eigenvalue weighted by Gasteiger charge is -2.10. The number of nitrogens with zero attached hydrogens (tertiary/aromatic N) is 4. The Hall–Kier alpha value is -3.74. The maximum absolute atomic E-state index is 12.8. The summed E-state index contributed by atoms with van der Waals surface area (Å²) < 4.78 is 3.24. The van der Waals surface area contributed by atoms with Crippen molar-refractivity contribution in [3.05, 3.63) is 78.2 Å². The van der Waals surface area contributed by atoms with Gasteiger partial charge in [0.05, 0.1) is 17.5 Å². The summed E-state index contributed by atoms with van der Waals surface area (Å²) in [6.45, 7) is 0. The van der Waals surface area contributed by atoms with Gasteiger partial charge in [0.1, 0.15) is 12.9 Å². The molecule has 0 saturated heterocycles. The molecule has 0 bridgehead atoms. The first-order valence-electron chi connectivity index (χ1n) is 9.54. The molecule has 4 aromatic rings. The second-order valence-electron chi connectivity index (χ2n) is 7.09. The van der Waals surface area contributed by atoms with Crippen molar-refractivity contribution >= 4 is 17.4 Å². The average molecular weight is 386 g/mol. The van der Waals surface area contributed by atoms with Gasteiger partial charge in [0, 0.05) is 34.1 Å². The molecule has 1 aromatic carbocycles. The summed E-state index contributed by atoms with van der Waals surface area (Å²) in [5.41, 5.74) is 4.27. The molecule has 5 rings (SSSR count). The Morgan fingerprint density at radius 1 is 1.17 bits per heavy atom. The van der Waals surface area contributed by atoms with E-state index >= 15 is 0 Å². The molecule has 7 heteroatoms. The predicted molar refractivity (Wildman–Crippen MR) is 107 cm³/mol. The number of amides is 1. The molecule has 0 aliphatic heterocycles. The number of nitrogens with one attached hydrogen (secondary N) is 1. The van der Waals surface area contributed by atoms with E-state index in [0.717, 1.165) is 35.3 Å². The van der Waals surface area contributed by atoms with Crippen molar-refractivity contribution < 1.29 is 14.4 Å². The zero-order chi connectivity index (χ0) is 19.8. The number of aromatic nitrogens is 4. The number of anilines is 1. The molecule has 1 amide bonds. The molecular weight excluding hydrogens is 366 g/mol. The van der Waals surface area contributed by atoms with Crippen LogP contribution in [0, 0.1) is 0 Å². The number of pyridine rings is 1. The van der Waals surface area contributed by atoms with Gasteiger partial charge in [-0.3, -0.25) is 9.63 Å². The quantitative estimate of drug-likeness (QED) is 0.536. The van der Waals surface area contributed by atoms with Gasteiger partial charge in [-0.1, -0.05) is 30.3 Å². The van der Waals surface area contributed by atoms with Crippen LogP contribution < -0.4 is 14.9 Å². The second kappa shape index (κ2) is 7.01. The van der Waals surface area contributed by atoms with Gasteiger partial charge in [-0.2, -0.15) is 9.61 Å². The van der Waals surface area contributed by atoms with Crippen LogP contribution in [0.2, 0.25) is 0 Å². The highest BCUT2D eigenvalue weighted by Crippen LogP contribution is 2.42. The first-order valence-corrected chi connectivity index (χ1v) is 9.54. The third-order valence-electron chi connectivity index (χ3n) is 5.10. The van der Waals surface area contributed by atoms with Crippen LogP contribution in [0.1, 0.15) is 34.7 Å². The van der Waals surface area contributed by atoms with E-state index in [4.69, 9.17) is 9.82 Å². The third kappa shape index (κ3) is 3.31. The number of carbonyl (C=O) groups excluding carboxylic acids is 1. The summed E-state index contributed by atoms with van der Waals surface area (Å²) in [6, 6.07) is 15.2. The topological polar surface area (TPSA) is 72.4 Å². The van der Waals surface area contributed by atoms with Gasteiger partial charge in [-0.05, 0) is 18.8 Å². The Labute approximate surface area is 167 Å². The molecule has 1 N–H and O–H groups in total. The summed E-state index contributed by atoms with van der Waals surface area (Å²) in [6.07, 6.45) is 7.55. The SMILES string of the molecule is CO[n+]1ccc(C(=O)Nc2cc(-c3ccccc3)nc3c(C4CC4)cnn23)cc1. The molecule has 1 aliphatic rings. The van der Waals surface area contributed by atoms with Crippen LogP contribution in [0.5, 0.6) is 0 Å². The molecule has 29 heavy (non-hydrogen) atoms. The summed E-state index contributed by atoms with van der Waals surface area (Å²) in [4.78, 5) is 22.8. The average Bonchev–Trinajstić information content (AvgIpc) is 3.53. The van der Waals surface area contributed by atoms with Crippen molar-refractivity contribution in [2.24, 2.45) is 0 Å². The van der Waals surface area contributed by atoms with Gasteiger partial charge in [-0.15, -0.1) is 0 Å². The van der Waals surface area contributed by atoms with Gasteiger partial charge in [0.15, 0.2) is 5.65 Å². The molecule has 1 aliphatic carbocycles. The molecule has 7 nitrogen and oxygen atoms in total. The summed E-state index contributed by atoms with van der Waals surface area (Å²) in [5.74, 6) is 0.880. The van der Waals surface area contributed by atoms with Crippen LogP contribution in [0.15, 0.2) is 67.1 Å². The van der Waals surface area contributed by atoms with Crippen LogP contribution in [0.3, 0.4) is 0 Å². The van der Waals surface area contributed by atoms with Crippen molar-refractivity contribution in [2.75, 3.05) is 12.4 Å². The molecular formula is C22H20N5O2+. The minimum atomic E-state index is -0.219. The highest BCUT2D eigenvalue weighted by Gasteiger charge is 2.28. The predicted octanol–water partition coefficient (Wildman–Crippen LogP) is 2.87. The van der Waals surface area contributed by atoms with E-state index in [1.807, 2.05) is 42.6 Å². The maximum atomic E-state index is 12.8. The zero-order valence-corrected chi connectivity index (χ0v) is 15.9. The zero-order valence-electron chi connectivity index (χ0n) is 15.9. The van der Waals surface area contributed by atoms with Crippen molar-refractivity contribution in [1.29, 1.82) is 0 Å². The van der Waals surface area contributed by atoms with Gasteiger partial charge in [0.25, 0.3) is 5.91 Å².